The molecule has 0 atom stereocenters. The molecule has 0 fully saturated rings. The summed E-state index contributed by atoms with van der Waals surface area (Å²) < 4.78 is 0. The molecule has 0 saturated carbocycles. The van der Waals surface area contributed by atoms with Gasteiger partial charge in [0.15, 0.2) is 0 Å². The van der Waals surface area contributed by atoms with Crippen LogP contribution in [-0.2, 0) is 0 Å². The first-order valence-corrected chi connectivity index (χ1v) is 3.38. The van der Waals surface area contributed by atoms with E-state index in [2.05, 4.69) is 23.2 Å². The molecule has 0 aromatic carbocycles. The fourth-order valence-corrected chi connectivity index (χ4v) is 0.978. The van der Waals surface area contributed by atoms with Gasteiger partial charge in [-0.3, -0.25) is 0 Å². The highest BCUT2D eigenvalue weighted by Gasteiger charge is 2.04. The maximum absolute atomic E-state index is 8.20. The Morgan fingerprint density at radius 3 is 3.10 bits per heavy atom. The third-order valence-electron chi connectivity index (χ3n) is 1.67. The molecule has 10 heavy (non-hydrogen) atoms. The second-order valence-electron chi connectivity index (χ2n) is 2.54. The lowest BCUT2D eigenvalue weighted by molar-refractivity contribution is 0.320. The molecule has 1 heterocycles. The maximum atomic E-state index is 8.20. The molecule has 1 aliphatic heterocycles. The summed E-state index contributed by atoms with van der Waals surface area (Å²) in [6.07, 6.45) is 4.57. The van der Waals surface area contributed by atoms with Gasteiger partial charge in [-0.15, -0.1) is 0 Å². The van der Waals surface area contributed by atoms with Crippen molar-refractivity contribution in [2.45, 2.75) is 6.42 Å². The molecule has 0 aromatic heterocycles. The Kier molecular flexibility index (Phi) is 2.45. The Bertz CT molecular complexity index is 163. The predicted octanol–water partition coefficient (Wildman–Crippen LogP) is 0.708. The molecule has 1 N–H and O–H groups in total. The van der Waals surface area contributed by atoms with Gasteiger partial charge in [0.25, 0.3) is 0 Å². The number of hydrogen-bond acceptors (Lipinski definition) is 3. The summed E-state index contributed by atoms with van der Waals surface area (Å²) >= 11 is 0. The first kappa shape index (κ1) is 7.28. The molecule has 0 aliphatic carbocycles. The van der Waals surface area contributed by atoms with E-state index in [1.165, 1.54) is 6.21 Å². The molecule has 0 amide bonds. The van der Waals surface area contributed by atoms with Crippen LogP contribution in [0, 0.1) is 0 Å². The second-order valence-corrected chi connectivity index (χ2v) is 2.54. The highest BCUT2D eigenvalue weighted by molar-refractivity contribution is 5.78. The topological polar surface area (TPSA) is 35.8 Å². The van der Waals surface area contributed by atoms with E-state index in [0.717, 1.165) is 25.1 Å². The normalized spacial score (nSPS) is 21.5. The lowest BCUT2D eigenvalue weighted by Gasteiger charge is -2.19. The number of hydrogen-bond donors (Lipinski definition) is 1. The minimum atomic E-state index is 0.960. The standard InChI is InChI=1S/C7H12N2O/c1-9-4-2-7(3-5-9)6-8-10/h2,6,10H,3-5H2,1H3/b8-6-. The number of nitrogens with zero attached hydrogens (tertiary/aromatic N) is 2. The summed E-state index contributed by atoms with van der Waals surface area (Å²) in [4.78, 5) is 2.22. The van der Waals surface area contributed by atoms with Gasteiger partial charge >= 0.3 is 0 Å². The van der Waals surface area contributed by atoms with Crippen LogP contribution in [0.2, 0.25) is 0 Å². The number of rotatable bonds is 1. The van der Waals surface area contributed by atoms with Crippen LogP contribution in [0.1, 0.15) is 6.42 Å². The van der Waals surface area contributed by atoms with E-state index in [1.54, 1.807) is 0 Å². The zero-order valence-electron chi connectivity index (χ0n) is 6.12. The van der Waals surface area contributed by atoms with Crippen molar-refractivity contribution < 1.29 is 5.21 Å². The molecule has 1 rings (SSSR count). The average molecular weight is 140 g/mol. The van der Waals surface area contributed by atoms with E-state index in [-0.39, 0.29) is 0 Å². The SMILES string of the molecule is CN1CC=C(/C=N\O)CC1. The van der Waals surface area contributed by atoms with Gasteiger partial charge in [0.2, 0.25) is 0 Å². The third-order valence-corrected chi connectivity index (χ3v) is 1.67. The zero-order chi connectivity index (χ0) is 7.40. The quantitative estimate of drug-likeness (QED) is 0.331. The minimum Gasteiger partial charge on any atom is -0.411 e. The van der Waals surface area contributed by atoms with Gasteiger partial charge in [-0.1, -0.05) is 11.2 Å². The summed E-state index contributed by atoms with van der Waals surface area (Å²) in [6, 6.07) is 0. The van der Waals surface area contributed by atoms with E-state index in [9.17, 15) is 0 Å². The van der Waals surface area contributed by atoms with Crippen LogP contribution in [0.3, 0.4) is 0 Å². The fraction of sp³-hybridized carbons (Fsp3) is 0.571. The van der Waals surface area contributed by atoms with Gasteiger partial charge in [0, 0.05) is 13.1 Å². The van der Waals surface area contributed by atoms with Gasteiger partial charge < -0.3 is 10.1 Å². The van der Waals surface area contributed by atoms with Crippen molar-refractivity contribution in [2.75, 3.05) is 20.1 Å². The molecular weight excluding hydrogens is 128 g/mol. The molecule has 0 bridgehead atoms. The van der Waals surface area contributed by atoms with Crippen LogP contribution in [0.25, 0.3) is 0 Å². The van der Waals surface area contributed by atoms with E-state index in [1.807, 2.05) is 0 Å². The van der Waals surface area contributed by atoms with Crippen LogP contribution in [0.15, 0.2) is 16.8 Å². The Morgan fingerprint density at radius 1 is 1.80 bits per heavy atom. The smallest absolute Gasteiger partial charge is 0.0691 e. The summed E-state index contributed by atoms with van der Waals surface area (Å²) in [5, 5.41) is 11.2. The zero-order valence-corrected chi connectivity index (χ0v) is 6.12. The van der Waals surface area contributed by atoms with E-state index in [0.29, 0.717) is 0 Å². The highest BCUT2D eigenvalue weighted by atomic mass is 16.4. The molecule has 0 radical (unpaired) electrons. The van der Waals surface area contributed by atoms with Gasteiger partial charge in [-0.25, -0.2) is 0 Å². The lowest BCUT2D eigenvalue weighted by atomic mass is 10.1. The van der Waals surface area contributed by atoms with E-state index in [4.69, 9.17) is 5.21 Å². The van der Waals surface area contributed by atoms with Crippen molar-refractivity contribution in [3.05, 3.63) is 11.6 Å². The molecule has 0 unspecified atom stereocenters. The van der Waals surface area contributed by atoms with Crippen molar-refractivity contribution in [2.24, 2.45) is 5.16 Å². The summed E-state index contributed by atoms with van der Waals surface area (Å²) in [7, 11) is 2.07. The van der Waals surface area contributed by atoms with Crippen molar-refractivity contribution in [3.63, 3.8) is 0 Å². The highest BCUT2D eigenvalue weighted by Crippen LogP contribution is 2.05. The van der Waals surface area contributed by atoms with E-state index < -0.39 is 0 Å². The molecule has 56 valence electrons. The molecule has 1 aliphatic rings. The summed E-state index contributed by atoms with van der Waals surface area (Å²) in [5.41, 5.74) is 1.13. The Labute approximate surface area is 60.6 Å². The molecule has 3 heteroatoms. The van der Waals surface area contributed by atoms with Crippen molar-refractivity contribution in [1.29, 1.82) is 0 Å². The van der Waals surface area contributed by atoms with E-state index >= 15 is 0 Å². The van der Waals surface area contributed by atoms with Crippen molar-refractivity contribution in [3.8, 4) is 0 Å². The van der Waals surface area contributed by atoms with Crippen molar-refractivity contribution in [1.82, 2.24) is 4.90 Å². The second kappa shape index (κ2) is 3.37. The first-order chi connectivity index (χ1) is 4.83. The Balaban J connectivity index is 2.48. The lowest BCUT2D eigenvalue weighted by Crippen LogP contribution is -2.24. The average Bonchev–Trinajstić information content (AvgIpc) is 1.95. The summed E-state index contributed by atoms with van der Waals surface area (Å²) in [6.45, 7) is 2.01. The van der Waals surface area contributed by atoms with Crippen LogP contribution in [0.4, 0.5) is 0 Å². The first-order valence-electron chi connectivity index (χ1n) is 3.38. The number of oxime groups is 1. The number of likely N-dealkylation sites (N-methyl/N-ethyl adjacent to an activating group) is 1. The van der Waals surface area contributed by atoms with Crippen molar-refractivity contribution >= 4 is 6.21 Å². The largest absolute Gasteiger partial charge is 0.411 e. The van der Waals surface area contributed by atoms with Crippen LogP contribution in [-0.4, -0.2) is 36.5 Å². The van der Waals surface area contributed by atoms with Gasteiger partial charge in [0.1, 0.15) is 0 Å². The fourth-order valence-electron chi connectivity index (χ4n) is 0.978. The molecule has 0 saturated heterocycles. The molecular formula is C7H12N2O. The molecule has 0 aromatic rings. The minimum absolute atomic E-state index is 0.960. The third kappa shape index (κ3) is 1.84. The Morgan fingerprint density at radius 2 is 2.60 bits per heavy atom. The maximum Gasteiger partial charge on any atom is 0.0691 e. The predicted molar refractivity (Wildman–Crippen MR) is 40.5 cm³/mol. The Hall–Kier alpha value is -0.830. The van der Waals surface area contributed by atoms with Gasteiger partial charge in [-0.2, -0.15) is 0 Å². The van der Waals surface area contributed by atoms with Crippen LogP contribution in [0.5, 0.6) is 0 Å². The van der Waals surface area contributed by atoms with Gasteiger partial charge in [0.05, 0.1) is 6.21 Å². The summed E-state index contributed by atoms with van der Waals surface area (Å²) in [5.74, 6) is 0. The molecule has 0 spiro atoms. The van der Waals surface area contributed by atoms with Crippen LogP contribution >= 0.6 is 0 Å². The molecule has 3 nitrogen and oxygen atoms in total. The van der Waals surface area contributed by atoms with Gasteiger partial charge in [-0.05, 0) is 19.0 Å². The monoisotopic (exact) mass is 140 g/mol. The van der Waals surface area contributed by atoms with Crippen LogP contribution < -0.4 is 0 Å².